The summed E-state index contributed by atoms with van der Waals surface area (Å²) in [6, 6.07) is 14.7. The SMILES string of the molecule is Cc1ccc(Cn2ncc3c(N4CCN(c5cccc(C)n5)CC4)ncnc32)cc1. The smallest absolute Gasteiger partial charge is 0.163 e. The first-order chi connectivity index (χ1) is 14.7. The van der Waals surface area contributed by atoms with Gasteiger partial charge in [0.15, 0.2) is 5.65 Å². The molecule has 0 spiro atoms. The van der Waals surface area contributed by atoms with Crippen molar-refractivity contribution >= 4 is 22.7 Å². The third-order valence-electron chi connectivity index (χ3n) is 5.64. The molecule has 3 aromatic heterocycles. The predicted octanol–water partition coefficient (Wildman–Crippen LogP) is 3.21. The summed E-state index contributed by atoms with van der Waals surface area (Å²) in [7, 11) is 0. The van der Waals surface area contributed by atoms with Gasteiger partial charge in [0.1, 0.15) is 18.0 Å². The molecule has 0 atom stereocenters. The maximum absolute atomic E-state index is 4.66. The van der Waals surface area contributed by atoms with E-state index in [0.29, 0.717) is 6.54 Å². The number of aryl methyl sites for hydroxylation is 2. The highest BCUT2D eigenvalue weighted by atomic mass is 15.3. The number of pyridine rings is 1. The van der Waals surface area contributed by atoms with Gasteiger partial charge in [-0.3, -0.25) is 0 Å². The Morgan fingerprint density at radius 2 is 1.63 bits per heavy atom. The highest BCUT2D eigenvalue weighted by molar-refractivity contribution is 5.86. The van der Waals surface area contributed by atoms with E-state index in [9.17, 15) is 0 Å². The predicted molar refractivity (Wildman–Crippen MR) is 119 cm³/mol. The second kappa shape index (κ2) is 7.74. The molecule has 0 saturated carbocycles. The highest BCUT2D eigenvalue weighted by Gasteiger charge is 2.22. The van der Waals surface area contributed by atoms with E-state index >= 15 is 0 Å². The molecule has 30 heavy (non-hydrogen) atoms. The third kappa shape index (κ3) is 3.58. The van der Waals surface area contributed by atoms with Crippen LogP contribution in [-0.4, -0.2) is 50.9 Å². The van der Waals surface area contributed by atoms with Crippen LogP contribution < -0.4 is 9.80 Å². The van der Waals surface area contributed by atoms with Gasteiger partial charge in [-0.1, -0.05) is 35.9 Å². The fraction of sp³-hybridized carbons (Fsp3) is 0.304. The first kappa shape index (κ1) is 18.5. The Bertz CT molecular complexity index is 1160. The van der Waals surface area contributed by atoms with Crippen LogP contribution in [0.4, 0.5) is 11.6 Å². The first-order valence-corrected chi connectivity index (χ1v) is 10.3. The molecule has 5 rings (SSSR count). The van der Waals surface area contributed by atoms with E-state index in [1.165, 1.54) is 11.1 Å². The number of benzene rings is 1. The molecule has 4 aromatic rings. The molecule has 7 heteroatoms. The van der Waals surface area contributed by atoms with Gasteiger partial charge in [0.25, 0.3) is 0 Å². The van der Waals surface area contributed by atoms with Crippen LogP contribution in [0.1, 0.15) is 16.8 Å². The van der Waals surface area contributed by atoms with Gasteiger partial charge in [0.2, 0.25) is 0 Å². The van der Waals surface area contributed by atoms with E-state index in [2.05, 4.69) is 73.2 Å². The lowest BCUT2D eigenvalue weighted by atomic mass is 10.1. The van der Waals surface area contributed by atoms with Crippen LogP contribution in [0.25, 0.3) is 11.0 Å². The zero-order chi connectivity index (χ0) is 20.5. The minimum Gasteiger partial charge on any atom is -0.353 e. The first-order valence-electron chi connectivity index (χ1n) is 10.3. The van der Waals surface area contributed by atoms with Crippen LogP contribution in [0.5, 0.6) is 0 Å². The van der Waals surface area contributed by atoms with E-state index in [1.807, 2.05) is 23.9 Å². The van der Waals surface area contributed by atoms with E-state index in [1.54, 1.807) is 6.33 Å². The van der Waals surface area contributed by atoms with Gasteiger partial charge in [-0.25, -0.2) is 19.6 Å². The average molecular weight is 400 g/mol. The summed E-state index contributed by atoms with van der Waals surface area (Å²) in [4.78, 5) is 18.5. The summed E-state index contributed by atoms with van der Waals surface area (Å²) in [6.45, 7) is 8.45. The summed E-state index contributed by atoms with van der Waals surface area (Å²) in [6.07, 6.45) is 3.55. The molecule has 1 aromatic carbocycles. The van der Waals surface area contributed by atoms with Crippen molar-refractivity contribution in [1.29, 1.82) is 0 Å². The van der Waals surface area contributed by atoms with Gasteiger partial charge in [0.05, 0.1) is 18.1 Å². The van der Waals surface area contributed by atoms with Crippen LogP contribution in [0.15, 0.2) is 55.0 Å². The lowest BCUT2D eigenvalue weighted by Crippen LogP contribution is -2.47. The summed E-state index contributed by atoms with van der Waals surface area (Å²) in [5.74, 6) is 2.01. The molecular weight excluding hydrogens is 374 g/mol. The lowest BCUT2D eigenvalue weighted by molar-refractivity contribution is 0.642. The monoisotopic (exact) mass is 399 g/mol. The summed E-state index contributed by atoms with van der Waals surface area (Å²) < 4.78 is 1.96. The molecule has 0 bridgehead atoms. The normalized spacial score (nSPS) is 14.5. The fourth-order valence-corrected chi connectivity index (χ4v) is 3.97. The molecule has 1 saturated heterocycles. The van der Waals surface area contributed by atoms with Crippen molar-refractivity contribution in [3.63, 3.8) is 0 Å². The van der Waals surface area contributed by atoms with Crippen LogP contribution in [0.2, 0.25) is 0 Å². The molecular formula is C23H25N7. The van der Waals surface area contributed by atoms with E-state index in [0.717, 1.165) is 54.5 Å². The van der Waals surface area contributed by atoms with Crippen LogP contribution in [0.3, 0.4) is 0 Å². The topological polar surface area (TPSA) is 63.0 Å². The number of hydrogen-bond acceptors (Lipinski definition) is 6. The van der Waals surface area contributed by atoms with Crippen molar-refractivity contribution in [2.75, 3.05) is 36.0 Å². The number of anilines is 2. The number of piperazine rings is 1. The Labute approximate surface area is 176 Å². The molecule has 0 unspecified atom stereocenters. The quantitative estimate of drug-likeness (QED) is 0.525. The van der Waals surface area contributed by atoms with Crippen molar-refractivity contribution in [1.82, 2.24) is 24.7 Å². The second-order valence-corrected chi connectivity index (χ2v) is 7.83. The zero-order valence-electron chi connectivity index (χ0n) is 17.4. The van der Waals surface area contributed by atoms with Crippen LogP contribution in [0, 0.1) is 13.8 Å². The minimum atomic E-state index is 0.701. The molecule has 1 fully saturated rings. The Morgan fingerprint density at radius 1 is 0.867 bits per heavy atom. The van der Waals surface area contributed by atoms with Gasteiger partial charge in [-0.15, -0.1) is 0 Å². The molecule has 152 valence electrons. The Hall–Kier alpha value is -3.48. The Balaban J connectivity index is 1.35. The van der Waals surface area contributed by atoms with Crippen molar-refractivity contribution < 1.29 is 0 Å². The highest BCUT2D eigenvalue weighted by Crippen LogP contribution is 2.25. The largest absolute Gasteiger partial charge is 0.353 e. The van der Waals surface area contributed by atoms with E-state index in [-0.39, 0.29) is 0 Å². The standard InChI is InChI=1S/C23H25N7/c1-17-6-8-19(9-7-17)15-30-23-20(14-26-30)22(24-16-25-23)29-12-10-28(11-13-29)21-5-3-4-18(2)27-21/h3-9,14,16H,10-13,15H2,1-2H3. The summed E-state index contributed by atoms with van der Waals surface area (Å²) in [5, 5.41) is 5.61. The van der Waals surface area contributed by atoms with Gasteiger partial charge in [-0.2, -0.15) is 5.10 Å². The number of fused-ring (bicyclic) bond motifs is 1. The van der Waals surface area contributed by atoms with E-state index < -0.39 is 0 Å². The van der Waals surface area contributed by atoms with Crippen molar-refractivity contribution in [2.45, 2.75) is 20.4 Å². The van der Waals surface area contributed by atoms with Gasteiger partial charge in [0, 0.05) is 31.9 Å². The van der Waals surface area contributed by atoms with Crippen molar-refractivity contribution in [2.24, 2.45) is 0 Å². The molecule has 7 nitrogen and oxygen atoms in total. The van der Waals surface area contributed by atoms with Crippen LogP contribution >= 0.6 is 0 Å². The maximum Gasteiger partial charge on any atom is 0.163 e. The molecule has 0 radical (unpaired) electrons. The molecule has 0 aliphatic carbocycles. The number of nitrogens with zero attached hydrogens (tertiary/aromatic N) is 7. The van der Waals surface area contributed by atoms with E-state index in [4.69, 9.17) is 0 Å². The Kier molecular flexibility index (Phi) is 4.78. The van der Waals surface area contributed by atoms with Gasteiger partial charge < -0.3 is 9.80 Å². The molecule has 1 aliphatic rings. The van der Waals surface area contributed by atoms with Crippen LogP contribution in [-0.2, 0) is 6.54 Å². The molecule has 0 amide bonds. The minimum absolute atomic E-state index is 0.701. The maximum atomic E-state index is 4.66. The van der Waals surface area contributed by atoms with Gasteiger partial charge in [-0.05, 0) is 31.5 Å². The molecule has 0 N–H and O–H groups in total. The third-order valence-corrected chi connectivity index (χ3v) is 5.64. The summed E-state index contributed by atoms with van der Waals surface area (Å²) in [5.41, 5.74) is 4.40. The van der Waals surface area contributed by atoms with Gasteiger partial charge >= 0.3 is 0 Å². The van der Waals surface area contributed by atoms with Crippen molar-refractivity contribution in [3.05, 3.63) is 71.8 Å². The summed E-state index contributed by atoms with van der Waals surface area (Å²) >= 11 is 0. The number of rotatable bonds is 4. The fourth-order valence-electron chi connectivity index (χ4n) is 3.97. The molecule has 1 aliphatic heterocycles. The van der Waals surface area contributed by atoms with Crippen molar-refractivity contribution in [3.8, 4) is 0 Å². The Morgan fingerprint density at radius 3 is 2.40 bits per heavy atom. The number of aromatic nitrogens is 5. The lowest BCUT2D eigenvalue weighted by Gasteiger charge is -2.36. The number of hydrogen-bond donors (Lipinski definition) is 0. The zero-order valence-corrected chi connectivity index (χ0v) is 17.4. The average Bonchev–Trinajstić information content (AvgIpc) is 3.18. The second-order valence-electron chi connectivity index (χ2n) is 7.83. The molecule has 4 heterocycles.